The number of aromatic nitrogens is 4. The average molecular weight is 414 g/mol. The van der Waals surface area contributed by atoms with Gasteiger partial charge in [-0.3, -0.25) is 19.8 Å². The van der Waals surface area contributed by atoms with Gasteiger partial charge in [0.2, 0.25) is 5.91 Å². The maximum atomic E-state index is 12.3. The van der Waals surface area contributed by atoms with Crippen molar-refractivity contribution in [2.45, 2.75) is 45.6 Å². The Morgan fingerprint density at radius 3 is 2.60 bits per heavy atom. The number of H-pyrrole nitrogens is 1. The van der Waals surface area contributed by atoms with Gasteiger partial charge in [0.25, 0.3) is 5.56 Å². The Balaban J connectivity index is 1.98. The van der Waals surface area contributed by atoms with Crippen LogP contribution in [0.25, 0.3) is 22.6 Å². The number of anilines is 1. The van der Waals surface area contributed by atoms with Gasteiger partial charge >= 0.3 is 5.69 Å². The Hall–Kier alpha value is -3.27. The van der Waals surface area contributed by atoms with E-state index in [1.807, 2.05) is 42.6 Å². The Morgan fingerprint density at radius 2 is 1.90 bits per heavy atom. The lowest BCUT2D eigenvalue weighted by molar-refractivity contribution is -0.129. The van der Waals surface area contributed by atoms with Gasteiger partial charge in [0.1, 0.15) is 0 Å². The van der Waals surface area contributed by atoms with Crippen molar-refractivity contribution < 1.29 is 10.0 Å². The smallest absolute Gasteiger partial charge is 0.349 e. The molecule has 3 N–H and O–H groups in total. The van der Waals surface area contributed by atoms with Crippen LogP contribution in [0.4, 0.5) is 5.69 Å². The second-order valence-electron chi connectivity index (χ2n) is 7.53. The molecule has 160 valence electrons. The summed E-state index contributed by atoms with van der Waals surface area (Å²) >= 11 is 0. The van der Waals surface area contributed by atoms with E-state index in [9.17, 15) is 14.4 Å². The van der Waals surface area contributed by atoms with Crippen LogP contribution in [0.15, 0.2) is 21.7 Å². The number of hydroxylamine groups is 1. The van der Waals surface area contributed by atoms with Crippen molar-refractivity contribution in [1.29, 1.82) is 0 Å². The molecule has 1 aromatic rings. The van der Waals surface area contributed by atoms with Gasteiger partial charge in [-0.1, -0.05) is 12.8 Å². The van der Waals surface area contributed by atoms with Gasteiger partial charge in [-0.15, -0.1) is 0 Å². The van der Waals surface area contributed by atoms with Crippen LogP contribution in [-0.4, -0.2) is 44.7 Å². The first-order valence-corrected chi connectivity index (χ1v) is 9.87. The molecular formula is C20H26N6O4. The topological polar surface area (TPSA) is 133 Å². The van der Waals surface area contributed by atoms with Crippen molar-refractivity contribution in [3.05, 3.63) is 38.5 Å². The third-order valence-corrected chi connectivity index (χ3v) is 5.07. The predicted octanol–water partition coefficient (Wildman–Crippen LogP) is 1.41. The first kappa shape index (κ1) is 21.4. The second-order valence-corrected chi connectivity index (χ2v) is 7.53. The van der Waals surface area contributed by atoms with Crippen molar-refractivity contribution in [2.24, 2.45) is 0 Å². The molecule has 0 radical (unpaired) electrons. The maximum Gasteiger partial charge on any atom is 0.349 e. The number of amides is 1. The molecule has 0 bridgehead atoms. The molecule has 0 spiro atoms. The summed E-state index contributed by atoms with van der Waals surface area (Å²) in [6.45, 7) is 2.53. The molecule has 2 aliphatic heterocycles. The maximum absolute atomic E-state index is 12.3. The summed E-state index contributed by atoms with van der Waals surface area (Å²) in [7, 11) is 3.91. The fourth-order valence-electron chi connectivity index (χ4n) is 3.61. The molecule has 2 heterocycles. The number of nitrogens with zero attached hydrogens (tertiary/aromatic N) is 4. The summed E-state index contributed by atoms with van der Waals surface area (Å²) in [5.41, 5.74) is 4.02. The molecule has 0 fully saturated rings. The number of hydrogen-bond acceptors (Lipinski definition) is 7. The van der Waals surface area contributed by atoms with E-state index in [1.54, 1.807) is 5.48 Å². The summed E-state index contributed by atoms with van der Waals surface area (Å²) in [4.78, 5) is 48.0. The highest BCUT2D eigenvalue weighted by Gasteiger charge is 2.19. The third kappa shape index (κ3) is 4.48. The number of benzene rings is 1. The first-order valence-electron chi connectivity index (χ1n) is 9.87. The van der Waals surface area contributed by atoms with Crippen LogP contribution in [0.1, 0.15) is 37.7 Å². The van der Waals surface area contributed by atoms with Gasteiger partial charge in [-0.05, 0) is 37.5 Å². The minimum absolute atomic E-state index is 0.138. The zero-order valence-corrected chi connectivity index (χ0v) is 17.4. The fraction of sp³-hybridized carbons (Fsp3) is 0.450. The minimum atomic E-state index is -0.697. The third-order valence-electron chi connectivity index (χ3n) is 5.07. The van der Waals surface area contributed by atoms with Crippen molar-refractivity contribution in [1.82, 2.24) is 25.0 Å². The SMILES string of the molecule is Cc1cc2nc3c(=O)[nH]c(=O)nc-3n(CCCCCCC(=O)NO)c2cc1N(C)C. The molecule has 0 aliphatic carbocycles. The van der Waals surface area contributed by atoms with E-state index in [1.165, 1.54) is 0 Å². The van der Waals surface area contributed by atoms with E-state index in [4.69, 9.17) is 5.21 Å². The Labute approximate surface area is 172 Å². The number of aryl methyl sites for hydroxylation is 2. The molecule has 0 unspecified atom stereocenters. The van der Waals surface area contributed by atoms with Gasteiger partial charge < -0.3 is 9.47 Å². The number of fused-ring (bicyclic) bond motifs is 2. The molecule has 0 atom stereocenters. The summed E-state index contributed by atoms with van der Waals surface area (Å²) in [6, 6.07) is 3.93. The van der Waals surface area contributed by atoms with Crippen molar-refractivity contribution in [3.8, 4) is 11.5 Å². The number of carbonyl (C=O) groups is 1. The zero-order chi connectivity index (χ0) is 21.8. The first-order chi connectivity index (χ1) is 14.3. The highest BCUT2D eigenvalue weighted by atomic mass is 16.5. The summed E-state index contributed by atoms with van der Waals surface area (Å²) < 4.78 is 1.88. The van der Waals surface area contributed by atoms with Crippen molar-refractivity contribution in [2.75, 3.05) is 19.0 Å². The van der Waals surface area contributed by atoms with Crippen LogP contribution in [0.3, 0.4) is 0 Å². The monoisotopic (exact) mass is 414 g/mol. The van der Waals surface area contributed by atoms with Crippen LogP contribution in [0.2, 0.25) is 0 Å². The molecule has 3 rings (SSSR count). The normalized spacial score (nSPS) is 11.2. The van der Waals surface area contributed by atoms with E-state index < -0.39 is 17.2 Å². The highest BCUT2D eigenvalue weighted by molar-refractivity contribution is 5.84. The highest BCUT2D eigenvalue weighted by Crippen LogP contribution is 2.28. The molecule has 2 aliphatic rings. The van der Waals surface area contributed by atoms with Crippen LogP contribution in [-0.2, 0) is 11.3 Å². The molecule has 1 amide bonds. The van der Waals surface area contributed by atoms with Gasteiger partial charge in [-0.25, -0.2) is 15.3 Å². The predicted molar refractivity (Wildman–Crippen MR) is 113 cm³/mol. The van der Waals surface area contributed by atoms with Gasteiger partial charge in [-0.2, -0.15) is 4.98 Å². The average Bonchev–Trinajstić information content (AvgIpc) is 2.69. The number of rotatable bonds is 8. The van der Waals surface area contributed by atoms with E-state index in [-0.39, 0.29) is 17.9 Å². The van der Waals surface area contributed by atoms with Gasteiger partial charge in [0.15, 0.2) is 11.5 Å². The molecule has 0 saturated carbocycles. The van der Waals surface area contributed by atoms with Crippen LogP contribution in [0, 0.1) is 6.92 Å². The number of nitrogens with one attached hydrogen (secondary N) is 2. The summed E-state index contributed by atoms with van der Waals surface area (Å²) in [6.07, 6.45) is 3.37. The van der Waals surface area contributed by atoms with Crippen LogP contribution in [0.5, 0.6) is 0 Å². The van der Waals surface area contributed by atoms with Crippen LogP contribution >= 0.6 is 0 Å². The molecule has 1 aromatic carbocycles. The second kappa shape index (κ2) is 9.04. The standard InChI is InChI=1S/C20H26N6O4/c1-12-10-13-15(11-14(12)25(2)3)26(9-7-5-4-6-8-16(27)24-30)18-17(21-13)19(28)23-20(29)22-18/h10-11,30H,4-9H2,1-3H3,(H,24,27)(H,23,28,29). The molecular weight excluding hydrogens is 388 g/mol. The van der Waals surface area contributed by atoms with Crippen LogP contribution < -0.4 is 21.6 Å². The van der Waals surface area contributed by atoms with E-state index in [0.29, 0.717) is 18.5 Å². The number of carbonyl (C=O) groups excluding carboxylic acids is 1. The summed E-state index contributed by atoms with van der Waals surface area (Å²) in [5, 5.41) is 8.54. The zero-order valence-electron chi connectivity index (χ0n) is 17.4. The molecule has 10 nitrogen and oxygen atoms in total. The van der Waals surface area contributed by atoms with E-state index >= 15 is 0 Å². The van der Waals surface area contributed by atoms with E-state index in [2.05, 4.69) is 15.0 Å². The minimum Gasteiger partial charge on any atom is -0.377 e. The van der Waals surface area contributed by atoms with Crippen molar-refractivity contribution >= 4 is 22.6 Å². The molecule has 30 heavy (non-hydrogen) atoms. The summed E-state index contributed by atoms with van der Waals surface area (Å²) in [5.74, 6) is -0.127. The lowest BCUT2D eigenvalue weighted by Crippen LogP contribution is -2.29. The quantitative estimate of drug-likeness (QED) is 0.220. The lowest BCUT2D eigenvalue weighted by Gasteiger charge is -2.21. The number of hydrogen-bond donors (Lipinski definition) is 3. The Morgan fingerprint density at radius 1 is 1.17 bits per heavy atom. The van der Waals surface area contributed by atoms with E-state index in [0.717, 1.165) is 36.0 Å². The fourth-order valence-corrected chi connectivity index (χ4v) is 3.61. The Bertz CT molecular complexity index is 1150. The van der Waals surface area contributed by atoms with Gasteiger partial charge in [0, 0.05) is 32.7 Å². The Kier molecular flexibility index (Phi) is 6.46. The number of unbranched alkanes of at least 4 members (excludes halogenated alkanes) is 3. The lowest BCUT2D eigenvalue weighted by atomic mass is 10.1. The molecule has 10 heteroatoms. The van der Waals surface area contributed by atoms with Crippen molar-refractivity contribution in [3.63, 3.8) is 0 Å². The molecule has 0 aromatic heterocycles. The number of aromatic amines is 1. The molecule has 0 saturated heterocycles. The van der Waals surface area contributed by atoms with Gasteiger partial charge in [0.05, 0.1) is 11.0 Å². The largest absolute Gasteiger partial charge is 0.377 e.